The summed E-state index contributed by atoms with van der Waals surface area (Å²) in [4.78, 5) is 0. The van der Waals surface area contributed by atoms with E-state index in [1.807, 2.05) is 18.2 Å². The molecule has 1 aliphatic heterocycles. The fourth-order valence-electron chi connectivity index (χ4n) is 1.61. The van der Waals surface area contributed by atoms with Gasteiger partial charge in [0.2, 0.25) is 0 Å². The van der Waals surface area contributed by atoms with Gasteiger partial charge >= 0.3 is 0 Å². The molecule has 1 saturated heterocycles. The van der Waals surface area contributed by atoms with Crippen LogP contribution in [0.1, 0.15) is 6.42 Å². The van der Waals surface area contributed by atoms with Gasteiger partial charge in [0.1, 0.15) is 0 Å². The third kappa shape index (κ3) is 2.41. The molecule has 1 aliphatic rings. The molecule has 1 aromatic carbocycles. The Hall–Kier alpha value is -0.250. The standard InChI is InChI=1S/C10H12BrClN2/c11-9-2-1-7(12)5-10(9)14-8-3-4-13-6-8/h1-2,5,8,13-14H,3-4,6H2. The zero-order valence-electron chi connectivity index (χ0n) is 7.69. The molecule has 0 aliphatic carbocycles. The molecule has 76 valence electrons. The van der Waals surface area contributed by atoms with Crippen LogP contribution in [0.4, 0.5) is 5.69 Å². The number of hydrogen-bond acceptors (Lipinski definition) is 2. The van der Waals surface area contributed by atoms with Crippen LogP contribution in [0.5, 0.6) is 0 Å². The first kappa shape index (κ1) is 10.3. The first-order valence-electron chi connectivity index (χ1n) is 4.68. The summed E-state index contributed by atoms with van der Waals surface area (Å²) in [6.45, 7) is 2.12. The maximum atomic E-state index is 5.93. The van der Waals surface area contributed by atoms with Gasteiger partial charge in [0.05, 0.1) is 5.69 Å². The van der Waals surface area contributed by atoms with Crippen molar-refractivity contribution in [3.8, 4) is 0 Å². The monoisotopic (exact) mass is 274 g/mol. The smallest absolute Gasteiger partial charge is 0.0502 e. The molecule has 0 bridgehead atoms. The molecule has 2 N–H and O–H groups in total. The van der Waals surface area contributed by atoms with Crippen LogP contribution >= 0.6 is 27.5 Å². The van der Waals surface area contributed by atoms with Gasteiger partial charge in [-0.15, -0.1) is 0 Å². The van der Waals surface area contributed by atoms with Crippen LogP contribution in [0, 0.1) is 0 Å². The van der Waals surface area contributed by atoms with E-state index in [9.17, 15) is 0 Å². The predicted molar refractivity (Wildman–Crippen MR) is 64.0 cm³/mol. The van der Waals surface area contributed by atoms with Gasteiger partial charge in [0.15, 0.2) is 0 Å². The lowest BCUT2D eigenvalue weighted by Crippen LogP contribution is -2.22. The van der Waals surface area contributed by atoms with E-state index in [1.54, 1.807) is 0 Å². The molecule has 1 aromatic rings. The highest BCUT2D eigenvalue weighted by Crippen LogP contribution is 2.27. The Morgan fingerprint density at radius 2 is 2.36 bits per heavy atom. The lowest BCUT2D eigenvalue weighted by molar-refractivity contribution is 0.793. The van der Waals surface area contributed by atoms with Crippen molar-refractivity contribution in [2.45, 2.75) is 12.5 Å². The van der Waals surface area contributed by atoms with Crippen molar-refractivity contribution in [3.63, 3.8) is 0 Å². The quantitative estimate of drug-likeness (QED) is 0.867. The second kappa shape index (κ2) is 4.51. The molecule has 4 heteroatoms. The lowest BCUT2D eigenvalue weighted by atomic mass is 10.2. The van der Waals surface area contributed by atoms with Gasteiger partial charge in [0.25, 0.3) is 0 Å². The van der Waals surface area contributed by atoms with Crippen LogP contribution in [0.25, 0.3) is 0 Å². The summed E-state index contributed by atoms with van der Waals surface area (Å²) >= 11 is 9.42. The highest BCUT2D eigenvalue weighted by molar-refractivity contribution is 9.10. The van der Waals surface area contributed by atoms with Crippen LogP contribution in [-0.2, 0) is 0 Å². The zero-order valence-corrected chi connectivity index (χ0v) is 10.0. The number of anilines is 1. The second-order valence-electron chi connectivity index (χ2n) is 3.46. The summed E-state index contributed by atoms with van der Waals surface area (Å²) in [5.74, 6) is 0. The highest BCUT2D eigenvalue weighted by Gasteiger charge is 2.14. The van der Waals surface area contributed by atoms with Gasteiger partial charge in [-0.25, -0.2) is 0 Å². The molecule has 0 radical (unpaired) electrons. The minimum Gasteiger partial charge on any atom is -0.380 e. The molecule has 14 heavy (non-hydrogen) atoms. The van der Waals surface area contributed by atoms with E-state index in [4.69, 9.17) is 11.6 Å². The summed E-state index contributed by atoms with van der Waals surface area (Å²) < 4.78 is 1.06. The van der Waals surface area contributed by atoms with Crippen molar-refractivity contribution in [1.82, 2.24) is 5.32 Å². The largest absolute Gasteiger partial charge is 0.380 e. The second-order valence-corrected chi connectivity index (χ2v) is 4.75. The van der Waals surface area contributed by atoms with Crippen molar-refractivity contribution in [1.29, 1.82) is 0 Å². The third-order valence-electron chi connectivity index (χ3n) is 2.35. The topological polar surface area (TPSA) is 24.1 Å². The van der Waals surface area contributed by atoms with Crippen LogP contribution in [0.3, 0.4) is 0 Å². The van der Waals surface area contributed by atoms with Crippen molar-refractivity contribution in [2.24, 2.45) is 0 Å². The Kier molecular flexibility index (Phi) is 3.31. The summed E-state index contributed by atoms with van der Waals surface area (Å²) in [6, 6.07) is 6.31. The molecule has 1 unspecified atom stereocenters. The van der Waals surface area contributed by atoms with Gasteiger partial charge in [-0.2, -0.15) is 0 Å². The Morgan fingerprint density at radius 3 is 3.07 bits per heavy atom. The first-order chi connectivity index (χ1) is 6.75. The first-order valence-corrected chi connectivity index (χ1v) is 5.85. The van der Waals surface area contributed by atoms with E-state index < -0.39 is 0 Å². The summed E-state index contributed by atoms with van der Waals surface area (Å²) in [5.41, 5.74) is 1.08. The molecule has 0 spiro atoms. The summed E-state index contributed by atoms with van der Waals surface area (Å²) in [7, 11) is 0. The molecule has 2 rings (SSSR count). The van der Waals surface area contributed by atoms with E-state index in [0.29, 0.717) is 6.04 Å². The van der Waals surface area contributed by atoms with Gasteiger partial charge in [-0.05, 0) is 47.1 Å². The van der Waals surface area contributed by atoms with Gasteiger partial charge in [0, 0.05) is 22.1 Å². The van der Waals surface area contributed by atoms with Gasteiger partial charge in [-0.3, -0.25) is 0 Å². The van der Waals surface area contributed by atoms with E-state index in [-0.39, 0.29) is 0 Å². The summed E-state index contributed by atoms with van der Waals surface area (Å²) in [5, 5.41) is 7.54. The van der Waals surface area contributed by atoms with Crippen molar-refractivity contribution in [3.05, 3.63) is 27.7 Å². The molecule has 1 heterocycles. The van der Waals surface area contributed by atoms with Crippen LogP contribution < -0.4 is 10.6 Å². The van der Waals surface area contributed by atoms with E-state index in [1.165, 1.54) is 6.42 Å². The highest BCUT2D eigenvalue weighted by atomic mass is 79.9. The maximum Gasteiger partial charge on any atom is 0.0502 e. The van der Waals surface area contributed by atoms with Crippen molar-refractivity contribution in [2.75, 3.05) is 18.4 Å². The van der Waals surface area contributed by atoms with Crippen LogP contribution in [-0.4, -0.2) is 19.1 Å². The number of nitrogens with one attached hydrogen (secondary N) is 2. The number of benzene rings is 1. The van der Waals surface area contributed by atoms with E-state index in [0.717, 1.165) is 28.3 Å². The van der Waals surface area contributed by atoms with E-state index in [2.05, 4.69) is 26.6 Å². The number of halogens is 2. The Bertz CT molecular complexity index is 324. The van der Waals surface area contributed by atoms with Crippen LogP contribution in [0.15, 0.2) is 22.7 Å². The minimum atomic E-state index is 0.518. The molecular formula is C10H12BrClN2. The molecule has 1 atom stereocenters. The lowest BCUT2D eigenvalue weighted by Gasteiger charge is -2.14. The normalized spacial score (nSPS) is 21.1. The SMILES string of the molecule is Clc1ccc(Br)c(NC2CCNC2)c1. The molecule has 0 aromatic heterocycles. The van der Waals surface area contributed by atoms with Crippen LogP contribution in [0.2, 0.25) is 5.02 Å². The summed E-state index contributed by atoms with van der Waals surface area (Å²) in [6.07, 6.45) is 1.17. The number of hydrogen-bond donors (Lipinski definition) is 2. The number of rotatable bonds is 2. The van der Waals surface area contributed by atoms with Crippen molar-refractivity contribution >= 4 is 33.2 Å². The zero-order chi connectivity index (χ0) is 9.97. The minimum absolute atomic E-state index is 0.518. The fourth-order valence-corrected chi connectivity index (χ4v) is 2.14. The molecular weight excluding hydrogens is 263 g/mol. The van der Waals surface area contributed by atoms with Gasteiger partial charge < -0.3 is 10.6 Å². The maximum absolute atomic E-state index is 5.93. The molecule has 1 fully saturated rings. The molecule has 0 saturated carbocycles. The third-order valence-corrected chi connectivity index (χ3v) is 3.27. The molecule has 0 amide bonds. The van der Waals surface area contributed by atoms with E-state index >= 15 is 0 Å². The Morgan fingerprint density at radius 1 is 1.50 bits per heavy atom. The average Bonchev–Trinajstić information content (AvgIpc) is 2.64. The van der Waals surface area contributed by atoms with Gasteiger partial charge in [-0.1, -0.05) is 11.6 Å². The fraction of sp³-hybridized carbons (Fsp3) is 0.400. The van der Waals surface area contributed by atoms with Crippen molar-refractivity contribution < 1.29 is 0 Å². The molecule has 2 nitrogen and oxygen atoms in total. The average molecular weight is 276 g/mol. The Labute approximate surface area is 97.2 Å². The predicted octanol–water partition coefficient (Wildman–Crippen LogP) is 2.88. The Balaban J connectivity index is 2.10.